The van der Waals surface area contributed by atoms with E-state index in [0.29, 0.717) is 38.3 Å². The number of aryl methyl sites for hydroxylation is 1. The van der Waals surface area contributed by atoms with Gasteiger partial charge in [-0.15, -0.1) is 0 Å². The van der Waals surface area contributed by atoms with Gasteiger partial charge in [0, 0.05) is 31.9 Å². The number of para-hydroxylation sites is 1. The van der Waals surface area contributed by atoms with Gasteiger partial charge in [-0.25, -0.2) is 0 Å². The highest BCUT2D eigenvalue weighted by atomic mass is 16.3. The van der Waals surface area contributed by atoms with Gasteiger partial charge in [-0.1, -0.05) is 25.1 Å². The van der Waals surface area contributed by atoms with E-state index in [2.05, 4.69) is 17.1 Å². The SMILES string of the molecule is CCc1ccccc1NC(=O)CN1CCN(C(=O)c2ccoc2)CC1. The lowest BCUT2D eigenvalue weighted by molar-refractivity contribution is -0.117. The van der Waals surface area contributed by atoms with Crippen molar-refractivity contribution in [2.45, 2.75) is 13.3 Å². The monoisotopic (exact) mass is 341 g/mol. The standard InChI is InChI=1S/C19H23N3O3/c1-2-15-5-3-4-6-17(15)20-18(23)13-21-8-10-22(11-9-21)19(24)16-7-12-25-14-16/h3-7,12,14H,2,8-11,13H2,1H3,(H,20,23). The highest BCUT2D eigenvalue weighted by Crippen LogP contribution is 2.15. The Balaban J connectivity index is 1.49. The smallest absolute Gasteiger partial charge is 0.257 e. The van der Waals surface area contributed by atoms with Crippen molar-refractivity contribution in [1.29, 1.82) is 0 Å². The molecule has 2 heterocycles. The molecule has 0 atom stereocenters. The third-order valence-corrected chi connectivity index (χ3v) is 4.47. The van der Waals surface area contributed by atoms with E-state index >= 15 is 0 Å². The maximum Gasteiger partial charge on any atom is 0.257 e. The molecule has 2 aromatic rings. The summed E-state index contributed by atoms with van der Waals surface area (Å²) in [5.41, 5.74) is 2.58. The van der Waals surface area contributed by atoms with Crippen LogP contribution in [0.4, 0.5) is 5.69 Å². The molecule has 6 nitrogen and oxygen atoms in total. The molecule has 6 heteroatoms. The number of amides is 2. The largest absolute Gasteiger partial charge is 0.472 e. The molecule has 25 heavy (non-hydrogen) atoms. The lowest BCUT2D eigenvalue weighted by Crippen LogP contribution is -2.50. The molecule has 3 rings (SSSR count). The van der Waals surface area contributed by atoms with Crippen molar-refractivity contribution in [1.82, 2.24) is 9.80 Å². The number of benzene rings is 1. The van der Waals surface area contributed by atoms with Gasteiger partial charge in [0.25, 0.3) is 5.91 Å². The molecular weight excluding hydrogens is 318 g/mol. The van der Waals surface area contributed by atoms with Crippen molar-refractivity contribution >= 4 is 17.5 Å². The lowest BCUT2D eigenvalue weighted by atomic mass is 10.1. The summed E-state index contributed by atoms with van der Waals surface area (Å²) in [6.45, 7) is 5.01. The van der Waals surface area contributed by atoms with Gasteiger partial charge in [-0.2, -0.15) is 0 Å². The summed E-state index contributed by atoms with van der Waals surface area (Å²) >= 11 is 0. The molecule has 0 aliphatic carbocycles. The molecule has 1 aromatic heterocycles. The molecule has 0 radical (unpaired) electrons. The van der Waals surface area contributed by atoms with E-state index in [1.54, 1.807) is 11.0 Å². The van der Waals surface area contributed by atoms with Crippen LogP contribution in [0, 0.1) is 0 Å². The van der Waals surface area contributed by atoms with Crippen molar-refractivity contribution in [3.63, 3.8) is 0 Å². The predicted molar refractivity (Wildman–Crippen MR) is 95.5 cm³/mol. The van der Waals surface area contributed by atoms with Gasteiger partial charge >= 0.3 is 0 Å². The minimum Gasteiger partial charge on any atom is -0.472 e. The number of carbonyl (C=O) groups excluding carboxylic acids is 2. The van der Waals surface area contributed by atoms with Gasteiger partial charge in [-0.05, 0) is 24.1 Å². The van der Waals surface area contributed by atoms with E-state index in [1.807, 2.05) is 24.3 Å². The molecule has 2 amide bonds. The maximum atomic E-state index is 12.3. The number of nitrogens with zero attached hydrogens (tertiary/aromatic N) is 2. The average Bonchev–Trinajstić information content (AvgIpc) is 3.17. The van der Waals surface area contributed by atoms with Crippen LogP contribution in [-0.2, 0) is 11.2 Å². The van der Waals surface area contributed by atoms with Crippen LogP contribution in [0.1, 0.15) is 22.8 Å². The number of hydrogen-bond donors (Lipinski definition) is 1. The summed E-state index contributed by atoms with van der Waals surface area (Å²) < 4.78 is 4.96. The van der Waals surface area contributed by atoms with Gasteiger partial charge in [-0.3, -0.25) is 14.5 Å². The van der Waals surface area contributed by atoms with Gasteiger partial charge in [0.15, 0.2) is 0 Å². The lowest BCUT2D eigenvalue weighted by Gasteiger charge is -2.34. The topological polar surface area (TPSA) is 65.8 Å². The van der Waals surface area contributed by atoms with Crippen molar-refractivity contribution in [2.24, 2.45) is 0 Å². The second-order valence-electron chi connectivity index (χ2n) is 6.14. The van der Waals surface area contributed by atoms with Crippen LogP contribution in [0.25, 0.3) is 0 Å². The highest BCUT2D eigenvalue weighted by molar-refractivity contribution is 5.94. The minimum atomic E-state index is -0.0188. The molecule has 0 spiro atoms. The Morgan fingerprint density at radius 2 is 1.88 bits per heavy atom. The first-order valence-corrected chi connectivity index (χ1v) is 8.59. The zero-order chi connectivity index (χ0) is 17.6. The molecule has 1 aliphatic heterocycles. The van der Waals surface area contributed by atoms with Crippen LogP contribution >= 0.6 is 0 Å². The Morgan fingerprint density at radius 3 is 2.56 bits per heavy atom. The predicted octanol–water partition coefficient (Wildman–Crippen LogP) is 2.24. The van der Waals surface area contributed by atoms with E-state index in [0.717, 1.165) is 17.7 Å². The molecule has 0 unspecified atom stereocenters. The number of furan rings is 1. The summed E-state index contributed by atoms with van der Waals surface area (Å²) in [6, 6.07) is 9.53. The van der Waals surface area contributed by atoms with Crippen LogP contribution in [0.2, 0.25) is 0 Å². The highest BCUT2D eigenvalue weighted by Gasteiger charge is 2.23. The van der Waals surface area contributed by atoms with E-state index < -0.39 is 0 Å². The third kappa shape index (κ3) is 4.28. The first kappa shape index (κ1) is 17.2. The fourth-order valence-electron chi connectivity index (χ4n) is 3.02. The number of piperazine rings is 1. The van der Waals surface area contributed by atoms with Gasteiger partial charge < -0.3 is 14.6 Å². The molecule has 132 valence electrons. The molecule has 1 aliphatic rings. The Bertz CT molecular complexity index is 719. The Hall–Kier alpha value is -2.60. The number of anilines is 1. The van der Waals surface area contributed by atoms with Crippen molar-refractivity contribution in [3.05, 3.63) is 54.0 Å². The summed E-state index contributed by atoms with van der Waals surface area (Å²) in [6.07, 6.45) is 3.85. The first-order chi connectivity index (χ1) is 12.2. The molecule has 1 N–H and O–H groups in total. The number of nitrogens with one attached hydrogen (secondary N) is 1. The van der Waals surface area contributed by atoms with Crippen LogP contribution in [-0.4, -0.2) is 54.3 Å². The Morgan fingerprint density at radius 1 is 1.12 bits per heavy atom. The minimum absolute atomic E-state index is 0.0180. The average molecular weight is 341 g/mol. The second kappa shape index (κ2) is 7.98. The van der Waals surface area contributed by atoms with Crippen LogP contribution in [0.3, 0.4) is 0 Å². The van der Waals surface area contributed by atoms with Crippen molar-refractivity contribution in [3.8, 4) is 0 Å². The van der Waals surface area contributed by atoms with E-state index in [-0.39, 0.29) is 11.8 Å². The number of carbonyl (C=O) groups is 2. The number of rotatable bonds is 5. The fraction of sp³-hybridized carbons (Fsp3) is 0.368. The van der Waals surface area contributed by atoms with Crippen LogP contribution in [0.5, 0.6) is 0 Å². The summed E-state index contributed by atoms with van der Waals surface area (Å²) in [5, 5.41) is 2.99. The molecule has 0 saturated carbocycles. The van der Waals surface area contributed by atoms with Gasteiger partial charge in [0.05, 0.1) is 18.4 Å². The Labute approximate surface area is 147 Å². The molecule has 1 aromatic carbocycles. The van der Waals surface area contributed by atoms with Gasteiger partial charge in [0.2, 0.25) is 5.91 Å². The molecular formula is C19H23N3O3. The maximum absolute atomic E-state index is 12.3. The molecule has 1 fully saturated rings. The van der Waals surface area contributed by atoms with Crippen molar-refractivity contribution < 1.29 is 14.0 Å². The summed E-state index contributed by atoms with van der Waals surface area (Å²) in [4.78, 5) is 28.4. The van der Waals surface area contributed by atoms with E-state index in [1.165, 1.54) is 12.5 Å². The van der Waals surface area contributed by atoms with Gasteiger partial charge in [0.1, 0.15) is 6.26 Å². The quantitative estimate of drug-likeness (QED) is 0.906. The van der Waals surface area contributed by atoms with E-state index in [9.17, 15) is 9.59 Å². The fourth-order valence-corrected chi connectivity index (χ4v) is 3.02. The van der Waals surface area contributed by atoms with E-state index in [4.69, 9.17) is 4.42 Å². The summed E-state index contributed by atoms with van der Waals surface area (Å²) in [5.74, 6) is -0.0368. The second-order valence-corrected chi connectivity index (χ2v) is 6.14. The zero-order valence-electron chi connectivity index (χ0n) is 14.4. The first-order valence-electron chi connectivity index (χ1n) is 8.59. The van der Waals surface area contributed by atoms with Crippen LogP contribution in [0.15, 0.2) is 47.3 Å². The zero-order valence-corrected chi connectivity index (χ0v) is 14.4. The number of hydrogen-bond acceptors (Lipinski definition) is 4. The normalized spacial score (nSPS) is 15.2. The summed E-state index contributed by atoms with van der Waals surface area (Å²) in [7, 11) is 0. The molecule has 1 saturated heterocycles. The third-order valence-electron chi connectivity index (χ3n) is 4.47. The molecule has 0 bridgehead atoms. The van der Waals surface area contributed by atoms with Crippen molar-refractivity contribution in [2.75, 3.05) is 38.0 Å². The Kier molecular flexibility index (Phi) is 5.50. The van der Waals surface area contributed by atoms with Crippen LogP contribution < -0.4 is 5.32 Å².